The molecule has 0 spiro atoms. The van der Waals surface area contributed by atoms with Gasteiger partial charge in [0.1, 0.15) is 17.9 Å². The monoisotopic (exact) mass is 272 g/mol. The molecule has 19 heavy (non-hydrogen) atoms. The lowest BCUT2D eigenvalue weighted by Gasteiger charge is -2.07. The first-order chi connectivity index (χ1) is 9.25. The van der Waals surface area contributed by atoms with Crippen LogP contribution in [0.3, 0.4) is 0 Å². The van der Waals surface area contributed by atoms with Gasteiger partial charge in [-0.15, -0.1) is 0 Å². The Hall–Kier alpha value is -1.93. The fourth-order valence-corrected chi connectivity index (χ4v) is 2.36. The molecule has 0 radical (unpaired) electrons. The third-order valence-corrected chi connectivity index (χ3v) is 3.42. The molecule has 1 aromatic heterocycles. The lowest BCUT2D eigenvalue weighted by atomic mass is 10.1. The quantitative estimate of drug-likeness (QED) is 0.671. The van der Waals surface area contributed by atoms with Crippen LogP contribution in [0.15, 0.2) is 53.1 Å². The molecule has 0 unspecified atom stereocenters. The fraction of sp³-hybridized carbons (Fsp3) is 0.125. The third-order valence-electron chi connectivity index (χ3n) is 3.10. The van der Waals surface area contributed by atoms with E-state index in [-0.39, 0.29) is 0 Å². The van der Waals surface area contributed by atoms with Crippen molar-refractivity contribution in [2.24, 2.45) is 0 Å². The summed E-state index contributed by atoms with van der Waals surface area (Å²) in [6.45, 7) is 2.51. The highest BCUT2D eigenvalue weighted by atomic mass is 35.5. The van der Waals surface area contributed by atoms with Gasteiger partial charge < -0.3 is 9.15 Å². The van der Waals surface area contributed by atoms with Gasteiger partial charge >= 0.3 is 0 Å². The highest BCUT2D eigenvalue weighted by molar-refractivity contribution is 6.32. The van der Waals surface area contributed by atoms with Gasteiger partial charge in [0.2, 0.25) is 0 Å². The molecule has 3 heteroatoms. The molecule has 0 amide bonds. The van der Waals surface area contributed by atoms with Crippen molar-refractivity contribution < 1.29 is 9.15 Å². The molecule has 96 valence electrons. The van der Waals surface area contributed by atoms with Crippen LogP contribution in [-0.2, 0) is 6.61 Å². The highest BCUT2D eigenvalue weighted by Crippen LogP contribution is 2.28. The summed E-state index contributed by atoms with van der Waals surface area (Å²) in [5.41, 5.74) is 3.11. The van der Waals surface area contributed by atoms with Crippen molar-refractivity contribution in [2.75, 3.05) is 0 Å². The summed E-state index contributed by atoms with van der Waals surface area (Å²) in [5, 5.41) is 1.74. The molecule has 0 fully saturated rings. The molecule has 0 saturated carbocycles. The largest absolute Gasteiger partial charge is 0.487 e. The van der Waals surface area contributed by atoms with Crippen molar-refractivity contribution in [3.63, 3.8) is 0 Å². The minimum atomic E-state index is 0.446. The molecule has 0 bridgehead atoms. The number of furan rings is 1. The smallest absolute Gasteiger partial charge is 0.138 e. The topological polar surface area (TPSA) is 22.4 Å². The Morgan fingerprint density at radius 1 is 1.11 bits per heavy atom. The lowest BCUT2D eigenvalue weighted by molar-refractivity contribution is 0.306. The van der Waals surface area contributed by atoms with E-state index >= 15 is 0 Å². The number of aryl methyl sites for hydroxylation is 1. The Kier molecular flexibility index (Phi) is 3.18. The second-order valence-electron chi connectivity index (χ2n) is 4.43. The molecular weight excluding hydrogens is 260 g/mol. The zero-order valence-electron chi connectivity index (χ0n) is 10.5. The van der Waals surface area contributed by atoms with Crippen LogP contribution >= 0.6 is 11.6 Å². The Morgan fingerprint density at radius 2 is 1.95 bits per heavy atom. The molecule has 1 heterocycles. The minimum Gasteiger partial charge on any atom is -0.487 e. The Balaban J connectivity index is 1.89. The second-order valence-corrected chi connectivity index (χ2v) is 4.84. The molecule has 0 aliphatic heterocycles. The number of benzene rings is 2. The molecule has 0 saturated heterocycles. The number of hydrogen-bond acceptors (Lipinski definition) is 2. The van der Waals surface area contributed by atoms with Gasteiger partial charge in [-0.25, -0.2) is 0 Å². The lowest BCUT2D eigenvalue weighted by Crippen LogP contribution is -1.95. The van der Waals surface area contributed by atoms with Gasteiger partial charge in [0.05, 0.1) is 11.3 Å². The van der Waals surface area contributed by atoms with Gasteiger partial charge in [0.15, 0.2) is 0 Å². The number of fused-ring (bicyclic) bond motifs is 1. The molecule has 2 nitrogen and oxygen atoms in total. The molecule has 3 rings (SSSR count). The fourth-order valence-electron chi connectivity index (χ4n) is 2.17. The number of para-hydroxylation sites is 1. The first-order valence-electron chi connectivity index (χ1n) is 6.09. The van der Waals surface area contributed by atoms with E-state index in [1.807, 2.05) is 36.4 Å². The van der Waals surface area contributed by atoms with Crippen LogP contribution in [0.25, 0.3) is 11.0 Å². The molecule has 3 aromatic rings. The first-order valence-corrected chi connectivity index (χ1v) is 6.46. The Morgan fingerprint density at radius 3 is 2.79 bits per heavy atom. The predicted octanol–water partition coefficient (Wildman–Crippen LogP) is 4.97. The van der Waals surface area contributed by atoms with Gasteiger partial charge in [0.25, 0.3) is 0 Å². The molecule has 0 N–H and O–H groups in total. The van der Waals surface area contributed by atoms with E-state index in [0.717, 1.165) is 16.5 Å². The SMILES string of the molecule is Cc1cccc2occ(COc3ccccc3Cl)c12. The molecule has 0 aliphatic carbocycles. The standard InChI is InChI=1S/C16H13ClO2/c1-11-5-4-8-15-16(11)12(10-19-15)9-18-14-7-3-2-6-13(14)17/h2-8,10H,9H2,1H3. The summed E-state index contributed by atoms with van der Waals surface area (Å²) in [4.78, 5) is 0. The summed E-state index contributed by atoms with van der Waals surface area (Å²) < 4.78 is 11.3. The van der Waals surface area contributed by atoms with E-state index < -0.39 is 0 Å². The number of halogens is 1. The van der Waals surface area contributed by atoms with E-state index in [0.29, 0.717) is 17.4 Å². The van der Waals surface area contributed by atoms with Gasteiger partial charge in [-0.1, -0.05) is 35.9 Å². The Labute approximate surface area is 116 Å². The third kappa shape index (κ3) is 2.32. The van der Waals surface area contributed by atoms with Crippen LogP contribution in [0.1, 0.15) is 11.1 Å². The zero-order chi connectivity index (χ0) is 13.2. The minimum absolute atomic E-state index is 0.446. The van der Waals surface area contributed by atoms with Gasteiger partial charge in [-0.05, 0) is 30.7 Å². The van der Waals surface area contributed by atoms with Gasteiger partial charge in [-0.3, -0.25) is 0 Å². The van der Waals surface area contributed by atoms with E-state index in [1.165, 1.54) is 5.56 Å². The molecule has 2 aromatic carbocycles. The van der Waals surface area contributed by atoms with Gasteiger partial charge in [-0.2, -0.15) is 0 Å². The van der Waals surface area contributed by atoms with Crippen molar-refractivity contribution in [2.45, 2.75) is 13.5 Å². The van der Waals surface area contributed by atoms with Crippen molar-refractivity contribution >= 4 is 22.6 Å². The van der Waals surface area contributed by atoms with Crippen LogP contribution in [0.4, 0.5) is 0 Å². The summed E-state index contributed by atoms with van der Waals surface area (Å²) >= 11 is 6.07. The maximum absolute atomic E-state index is 6.07. The summed E-state index contributed by atoms with van der Waals surface area (Å²) in [6, 6.07) is 13.5. The van der Waals surface area contributed by atoms with E-state index in [4.69, 9.17) is 20.8 Å². The van der Waals surface area contributed by atoms with Crippen LogP contribution < -0.4 is 4.74 Å². The van der Waals surface area contributed by atoms with Crippen LogP contribution in [0.2, 0.25) is 5.02 Å². The number of hydrogen-bond donors (Lipinski definition) is 0. The normalized spacial score (nSPS) is 10.8. The second kappa shape index (κ2) is 4.98. The summed E-state index contributed by atoms with van der Waals surface area (Å²) in [7, 11) is 0. The summed E-state index contributed by atoms with van der Waals surface area (Å²) in [6.07, 6.45) is 1.74. The van der Waals surface area contributed by atoms with Crippen LogP contribution in [0, 0.1) is 6.92 Å². The first kappa shape index (κ1) is 12.1. The van der Waals surface area contributed by atoms with E-state index in [2.05, 4.69) is 13.0 Å². The van der Waals surface area contributed by atoms with Crippen molar-refractivity contribution in [3.8, 4) is 5.75 Å². The maximum Gasteiger partial charge on any atom is 0.138 e. The van der Waals surface area contributed by atoms with Crippen LogP contribution in [0.5, 0.6) is 5.75 Å². The molecule has 0 aliphatic rings. The zero-order valence-corrected chi connectivity index (χ0v) is 11.3. The molecule has 0 atom stereocenters. The highest BCUT2D eigenvalue weighted by Gasteiger charge is 2.09. The molecular formula is C16H13ClO2. The van der Waals surface area contributed by atoms with E-state index in [1.54, 1.807) is 6.26 Å². The average molecular weight is 273 g/mol. The van der Waals surface area contributed by atoms with Crippen molar-refractivity contribution in [1.29, 1.82) is 0 Å². The predicted molar refractivity (Wildman–Crippen MR) is 76.7 cm³/mol. The average Bonchev–Trinajstić information content (AvgIpc) is 2.83. The number of rotatable bonds is 3. The Bertz CT molecular complexity index is 716. The number of ether oxygens (including phenoxy) is 1. The van der Waals surface area contributed by atoms with E-state index in [9.17, 15) is 0 Å². The van der Waals surface area contributed by atoms with Gasteiger partial charge in [0, 0.05) is 10.9 Å². The van der Waals surface area contributed by atoms with Crippen LogP contribution in [-0.4, -0.2) is 0 Å². The van der Waals surface area contributed by atoms with Crippen molar-refractivity contribution in [3.05, 3.63) is 64.9 Å². The van der Waals surface area contributed by atoms with Crippen molar-refractivity contribution in [1.82, 2.24) is 0 Å². The summed E-state index contributed by atoms with van der Waals surface area (Å²) in [5.74, 6) is 0.687. The maximum atomic E-state index is 6.07.